The van der Waals surface area contributed by atoms with Gasteiger partial charge in [0.15, 0.2) is 0 Å². The molecule has 5 atom stereocenters. The number of hydrogen-bond donors (Lipinski definition) is 2. The molecule has 0 heterocycles. The van der Waals surface area contributed by atoms with Crippen LogP contribution in [0.15, 0.2) is 0 Å². The van der Waals surface area contributed by atoms with Gasteiger partial charge in [0.25, 0.3) is 0 Å². The molecule has 0 spiro atoms. The van der Waals surface area contributed by atoms with E-state index in [0.29, 0.717) is 18.9 Å². The van der Waals surface area contributed by atoms with Gasteiger partial charge in [-0.1, -0.05) is 34.1 Å². The zero-order valence-electron chi connectivity index (χ0n) is 14.2. The molecule has 2 aliphatic carbocycles. The van der Waals surface area contributed by atoms with E-state index in [9.17, 15) is 4.79 Å². The molecule has 1 amide bonds. The van der Waals surface area contributed by atoms with E-state index in [4.69, 9.17) is 10.5 Å². The van der Waals surface area contributed by atoms with Crippen molar-refractivity contribution < 1.29 is 9.53 Å². The minimum absolute atomic E-state index is 0.0112. The number of nitrogens with two attached hydrogens (primary N) is 1. The van der Waals surface area contributed by atoms with Crippen molar-refractivity contribution in [1.82, 2.24) is 5.32 Å². The summed E-state index contributed by atoms with van der Waals surface area (Å²) in [5.41, 5.74) is 5.34. The Kier molecular flexibility index (Phi) is 4.69. The molecule has 3 N–H and O–H groups in total. The molecule has 0 aromatic heterocycles. The molecule has 21 heavy (non-hydrogen) atoms. The Labute approximate surface area is 129 Å². The standard InChI is InChI=1S/C17H32N2O2/c1-6-12-8-9-13(11(12)3)19-15(20)17(18)10-14(21-7-2)16(17,4)5/h11-14H,6-10,18H2,1-5H3,(H,19,20). The third kappa shape index (κ3) is 2.61. The molecular formula is C17H32N2O2. The maximum atomic E-state index is 12.7. The lowest BCUT2D eigenvalue weighted by Gasteiger charge is -2.57. The lowest BCUT2D eigenvalue weighted by atomic mass is 9.54. The second-order valence-corrected chi connectivity index (χ2v) is 7.53. The quantitative estimate of drug-likeness (QED) is 0.819. The molecule has 4 heteroatoms. The Morgan fingerprint density at radius 2 is 2.00 bits per heavy atom. The van der Waals surface area contributed by atoms with Crippen molar-refractivity contribution in [2.75, 3.05) is 6.61 Å². The van der Waals surface area contributed by atoms with E-state index < -0.39 is 5.54 Å². The molecule has 2 fully saturated rings. The summed E-state index contributed by atoms with van der Waals surface area (Å²) in [6.45, 7) is 11.2. The topological polar surface area (TPSA) is 64.3 Å². The maximum Gasteiger partial charge on any atom is 0.241 e. The van der Waals surface area contributed by atoms with Crippen LogP contribution in [0.4, 0.5) is 0 Å². The molecule has 0 bridgehead atoms. The second kappa shape index (κ2) is 5.88. The van der Waals surface area contributed by atoms with Crippen LogP contribution in [0, 0.1) is 17.3 Å². The van der Waals surface area contributed by atoms with E-state index in [1.165, 1.54) is 12.8 Å². The third-order valence-electron chi connectivity index (χ3n) is 6.30. The summed E-state index contributed by atoms with van der Waals surface area (Å²) in [6, 6.07) is 0.282. The Bertz CT molecular complexity index is 396. The van der Waals surface area contributed by atoms with Crippen molar-refractivity contribution in [1.29, 1.82) is 0 Å². The Balaban J connectivity index is 1.98. The highest BCUT2D eigenvalue weighted by Crippen LogP contribution is 2.50. The third-order valence-corrected chi connectivity index (χ3v) is 6.30. The van der Waals surface area contributed by atoms with Crippen molar-refractivity contribution in [3.8, 4) is 0 Å². The first-order valence-electron chi connectivity index (χ1n) is 8.49. The van der Waals surface area contributed by atoms with E-state index in [-0.39, 0.29) is 23.5 Å². The summed E-state index contributed by atoms with van der Waals surface area (Å²) in [6.07, 6.45) is 4.20. The van der Waals surface area contributed by atoms with Crippen LogP contribution in [0.3, 0.4) is 0 Å². The molecule has 0 radical (unpaired) electrons. The Morgan fingerprint density at radius 3 is 2.48 bits per heavy atom. The second-order valence-electron chi connectivity index (χ2n) is 7.53. The summed E-state index contributed by atoms with van der Waals surface area (Å²) in [7, 11) is 0. The zero-order chi connectivity index (χ0) is 15.8. The monoisotopic (exact) mass is 296 g/mol. The van der Waals surface area contributed by atoms with Crippen LogP contribution in [0.5, 0.6) is 0 Å². The SMILES string of the molecule is CCOC1CC(N)(C(=O)NC2CCC(CC)C2C)C1(C)C. The van der Waals surface area contributed by atoms with Gasteiger partial charge in [0.05, 0.1) is 6.10 Å². The van der Waals surface area contributed by atoms with Gasteiger partial charge in [0, 0.05) is 24.5 Å². The minimum atomic E-state index is -0.795. The molecule has 5 unspecified atom stereocenters. The van der Waals surface area contributed by atoms with Crippen LogP contribution < -0.4 is 11.1 Å². The molecule has 2 rings (SSSR count). The average molecular weight is 296 g/mol. The van der Waals surface area contributed by atoms with Gasteiger partial charge in [-0.3, -0.25) is 4.79 Å². The van der Waals surface area contributed by atoms with Crippen LogP contribution in [-0.2, 0) is 9.53 Å². The normalized spacial score (nSPS) is 41.6. The van der Waals surface area contributed by atoms with Gasteiger partial charge in [-0.15, -0.1) is 0 Å². The minimum Gasteiger partial charge on any atom is -0.378 e. The molecule has 4 nitrogen and oxygen atoms in total. The van der Waals surface area contributed by atoms with Gasteiger partial charge in [-0.05, 0) is 31.6 Å². The van der Waals surface area contributed by atoms with Crippen molar-refractivity contribution in [3.05, 3.63) is 0 Å². The predicted molar refractivity (Wildman–Crippen MR) is 84.8 cm³/mol. The molecule has 2 saturated carbocycles. The van der Waals surface area contributed by atoms with Gasteiger partial charge < -0.3 is 15.8 Å². The summed E-state index contributed by atoms with van der Waals surface area (Å²) < 4.78 is 5.70. The zero-order valence-corrected chi connectivity index (χ0v) is 14.2. The number of amides is 1. The summed E-state index contributed by atoms with van der Waals surface area (Å²) >= 11 is 0. The molecule has 122 valence electrons. The van der Waals surface area contributed by atoms with Crippen LogP contribution in [0.1, 0.15) is 60.3 Å². The highest BCUT2D eigenvalue weighted by molar-refractivity contribution is 5.89. The summed E-state index contributed by atoms with van der Waals surface area (Å²) in [5.74, 6) is 1.29. The largest absolute Gasteiger partial charge is 0.378 e. The van der Waals surface area contributed by atoms with Gasteiger partial charge >= 0.3 is 0 Å². The molecule has 0 aromatic rings. The number of hydrogen-bond acceptors (Lipinski definition) is 3. The molecule has 2 aliphatic rings. The van der Waals surface area contributed by atoms with Crippen LogP contribution in [-0.4, -0.2) is 30.2 Å². The fourth-order valence-electron chi connectivity index (χ4n) is 4.15. The number of nitrogens with one attached hydrogen (secondary N) is 1. The van der Waals surface area contributed by atoms with Crippen molar-refractivity contribution >= 4 is 5.91 Å². The molecule has 0 aromatic carbocycles. The van der Waals surface area contributed by atoms with Gasteiger partial charge in [0.1, 0.15) is 5.54 Å². The first kappa shape index (κ1) is 16.8. The number of carbonyl (C=O) groups is 1. The lowest BCUT2D eigenvalue weighted by molar-refractivity contribution is -0.171. The summed E-state index contributed by atoms with van der Waals surface area (Å²) in [5, 5.41) is 3.23. The maximum absolute atomic E-state index is 12.7. The Morgan fingerprint density at radius 1 is 1.33 bits per heavy atom. The first-order chi connectivity index (χ1) is 9.77. The highest BCUT2D eigenvalue weighted by Gasteiger charge is 2.63. The number of rotatable bonds is 5. The van der Waals surface area contributed by atoms with Crippen LogP contribution in [0.2, 0.25) is 0 Å². The number of ether oxygens (including phenoxy) is 1. The van der Waals surface area contributed by atoms with E-state index in [1.54, 1.807) is 0 Å². The lowest BCUT2D eigenvalue weighted by Crippen LogP contribution is -2.76. The highest BCUT2D eigenvalue weighted by atomic mass is 16.5. The van der Waals surface area contributed by atoms with Crippen LogP contribution >= 0.6 is 0 Å². The van der Waals surface area contributed by atoms with Crippen molar-refractivity contribution in [2.24, 2.45) is 23.0 Å². The van der Waals surface area contributed by atoms with Gasteiger partial charge in [-0.2, -0.15) is 0 Å². The van der Waals surface area contributed by atoms with E-state index in [1.807, 2.05) is 20.8 Å². The van der Waals surface area contributed by atoms with E-state index in [0.717, 1.165) is 12.3 Å². The van der Waals surface area contributed by atoms with E-state index in [2.05, 4.69) is 19.2 Å². The fraction of sp³-hybridized carbons (Fsp3) is 0.941. The van der Waals surface area contributed by atoms with Gasteiger partial charge in [0.2, 0.25) is 5.91 Å². The van der Waals surface area contributed by atoms with Crippen molar-refractivity contribution in [3.63, 3.8) is 0 Å². The fourth-order valence-corrected chi connectivity index (χ4v) is 4.15. The Hall–Kier alpha value is -0.610. The average Bonchev–Trinajstić information content (AvgIpc) is 2.79. The van der Waals surface area contributed by atoms with Gasteiger partial charge in [-0.25, -0.2) is 0 Å². The smallest absolute Gasteiger partial charge is 0.241 e. The number of carbonyl (C=O) groups excluding carboxylic acids is 1. The molecule has 0 aliphatic heterocycles. The van der Waals surface area contributed by atoms with E-state index >= 15 is 0 Å². The van der Waals surface area contributed by atoms with Crippen LogP contribution in [0.25, 0.3) is 0 Å². The summed E-state index contributed by atoms with van der Waals surface area (Å²) in [4.78, 5) is 12.7. The molecule has 0 saturated heterocycles. The predicted octanol–water partition coefficient (Wildman–Crippen LogP) is 2.46. The first-order valence-corrected chi connectivity index (χ1v) is 8.49. The van der Waals surface area contributed by atoms with Crippen molar-refractivity contribution in [2.45, 2.75) is 78.0 Å². The molecular weight excluding hydrogens is 264 g/mol.